The lowest BCUT2D eigenvalue weighted by Crippen LogP contribution is -2.60. The van der Waals surface area contributed by atoms with Gasteiger partial charge in [0.05, 0.1) is 11.3 Å². The van der Waals surface area contributed by atoms with Gasteiger partial charge in [-0.1, -0.05) is 12.1 Å². The highest BCUT2D eigenvalue weighted by molar-refractivity contribution is 5.84. The lowest BCUT2D eigenvalue weighted by molar-refractivity contribution is 0.0719. The van der Waals surface area contributed by atoms with Crippen molar-refractivity contribution in [3.05, 3.63) is 108 Å². The molecule has 0 atom stereocenters. The Morgan fingerprint density at radius 1 is 0.851 bits per heavy atom. The zero-order valence-corrected chi connectivity index (χ0v) is 25.6. The Labute approximate surface area is 271 Å². The quantitative estimate of drug-likeness (QED) is 0.251. The maximum Gasteiger partial charge on any atom is 0.234 e. The molecular formula is C36H31FN10. The number of nitrogens with zero attached hydrogens (tertiary/aromatic N) is 9. The number of nitrogens with two attached hydrogens (primary N) is 1. The summed E-state index contributed by atoms with van der Waals surface area (Å²) in [7, 11) is 0. The van der Waals surface area contributed by atoms with Crippen molar-refractivity contribution >= 4 is 22.8 Å². The highest BCUT2D eigenvalue weighted by Gasteiger charge is 2.45. The summed E-state index contributed by atoms with van der Waals surface area (Å²) in [5.74, 6) is 1.81. The number of piperidine rings is 1. The molecule has 232 valence electrons. The number of rotatable bonds is 6. The van der Waals surface area contributed by atoms with E-state index in [0.717, 1.165) is 79.4 Å². The van der Waals surface area contributed by atoms with E-state index in [-0.39, 0.29) is 11.6 Å². The van der Waals surface area contributed by atoms with Gasteiger partial charge in [-0.25, -0.2) is 29.3 Å². The first-order valence-electron chi connectivity index (χ1n) is 15.6. The molecule has 2 aliphatic heterocycles. The molecular weight excluding hydrogens is 591 g/mol. The number of halogens is 1. The molecule has 0 amide bonds. The van der Waals surface area contributed by atoms with Crippen molar-refractivity contribution in [1.82, 2.24) is 34.4 Å². The van der Waals surface area contributed by atoms with Gasteiger partial charge < -0.3 is 10.6 Å². The fourth-order valence-electron chi connectivity index (χ4n) is 6.79. The van der Waals surface area contributed by atoms with E-state index in [0.29, 0.717) is 22.7 Å². The second kappa shape index (κ2) is 11.6. The predicted molar refractivity (Wildman–Crippen MR) is 178 cm³/mol. The molecule has 8 rings (SSSR count). The van der Waals surface area contributed by atoms with Gasteiger partial charge in [0.1, 0.15) is 29.0 Å². The SMILES string of the molecule is N#Cc1nccc(N2CC3(CCN(Cc4ccc(-n5c(-c6cccnc6N)nc6ccc(-c7ccc(F)cc7)nc65)cc4)CC3)C2)n1. The molecule has 0 unspecified atom stereocenters. The lowest BCUT2D eigenvalue weighted by atomic mass is 9.72. The fraction of sp³-hybridized carbons (Fsp3) is 0.222. The molecule has 0 saturated carbocycles. The fourth-order valence-corrected chi connectivity index (χ4v) is 6.79. The number of anilines is 2. The standard InChI is InChI=1S/C36H31FN10/c37-26-7-5-25(6-8-26)29-11-12-30-35(42-29)47(34(43-30)28-2-1-16-41-33(28)39)27-9-3-24(4-10-27)21-45-18-14-36(15-19-45)22-46(23-36)32-13-17-40-31(20-38)44-32/h1-13,16-17H,14-15,18-19,21-23H2,(H2,39,41). The number of benzene rings is 2. The number of pyridine rings is 2. The van der Waals surface area contributed by atoms with Crippen molar-refractivity contribution in [3.63, 3.8) is 0 Å². The molecule has 0 bridgehead atoms. The Morgan fingerprint density at radius 2 is 1.64 bits per heavy atom. The maximum atomic E-state index is 13.6. The summed E-state index contributed by atoms with van der Waals surface area (Å²) in [6.45, 7) is 4.89. The average Bonchev–Trinajstić information content (AvgIpc) is 3.47. The molecule has 6 heterocycles. The van der Waals surface area contributed by atoms with Crippen LogP contribution in [0.25, 0.3) is 39.5 Å². The summed E-state index contributed by atoms with van der Waals surface area (Å²) < 4.78 is 15.6. The van der Waals surface area contributed by atoms with Gasteiger partial charge in [-0.2, -0.15) is 5.26 Å². The number of fused-ring (bicyclic) bond motifs is 1. The molecule has 2 aromatic carbocycles. The molecule has 47 heavy (non-hydrogen) atoms. The number of likely N-dealkylation sites (tertiary alicyclic amines) is 1. The van der Waals surface area contributed by atoms with Crippen LogP contribution in [0.2, 0.25) is 0 Å². The highest BCUT2D eigenvalue weighted by Crippen LogP contribution is 2.42. The van der Waals surface area contributed by atoms with Crippen LogP contribution < -0.4 is 10.6 Å². The zero-order chi connectivity index (χ0) is 32.0. The molecule has 2 fully saturated rings. The molecule has 10 nitrogen and oxygen atoms in total. The van der Waals surface area contributed by atoms with E-state index in [1.165, 1.54) is 17.7 Å². The van der Waals surface area contributed by atoms with E-state index in [1.807, 2.05) is 41.0 Å². The summed E-state index contributed by atoms with van der Waals surface area (Å²) in [5, 5.41) is 9.14. The Bertz CT molecular complexity index is 2120. The monoisotopic (exact) mass is 622 g/mol. The molecule has 2 saturated heterocycles. The van der Waals surface area contributed by atoms with E-state index < -0.39 is 0 Å². The van der Waals surface area contributed by atoms with E-state index in [1.54, 1.807) is 24.5 Å². The summed E-state index contributed by atoms with van der Waals surface area (Å²) in [6.07, 6.45) is 5.60. The van der Waals surface area contributed by atoms with Gasteiger partial charge in [-0.3, -0.25) is 9.47 Å². The van der Waals surface area contributed by atoms with Crippen molar-refractivity contribution in [1.29, 1.82) is 5.26 Å². The number of hydrogen-bond donors (Lipinski definition) is 1. The molecule has 0 aliphatic carbocycles. The third kappa shape index (κ3) is 5.42. The van der Waals surface area contributed by atoms with Crippen LogP contribution in [0.4, 0.5) is 16.0 Å². The molecule has 1 spiro atoms. The van der Waals surface area contributed by atoms with Gasteiger partial charge in [0.25, 0.3) is 0 Å². The van der Waals surface area contributed by atoms with E-state index >= 15 is 0 Å². The number of nitrogen functional groups attached to an aromatic ring is 1. The molecule has 2 aliphatic rings. The first-order valence-corrected chi connectivity index (χ1v) is 15.6. The average molecular weight is 623 g/mol. The van der Waals surface area contributed by atoms with Crippen LogP contribution >= 0.6 is 0 Å². The van der Waals surface area contributed by atoms with Crippen LogP contribution in [0.5, 0.6) is 0 Å². The largest absolute Gasteiger partial charge is 0.383 e. The van der Waals surface area contributed by atoms with Gasteiger partial charge >= 0.3 is 0 Å². The molecule has 11 heteroatoms. The van der Waals surface area contributed by atoms with Crippen molar-refractivity contribution in [2.24, 2.45) is 5.41 Å². The van der Waals surface area contributed by atoms with Crippen LogP contribution in [-0.2, 0) is 6.54 Å². The summed E-state index contributed by atoms with van der Waals surface area (Å²) in [4.78, 5) is 27.4. The molecule has 0 radical (unpaired) electrons. The van der Waals surface area contributed by atoms with Crippen LogP contribution in [0.1, 0.15) is 24.2 Å². The Kier molecular flexibility index (Phi) is 7.07. The zero-order valence-electron chi connectivity index (χ0n) is 25.6. The van der Waals surface area contributed by atoms with Crippen LogP contribution in [0.3, 0.4) is 0 Å². The van der Waals surface area contributed by atoms with Crippen molar-refractivity contribution < 1.29 is 4.39 Å². The van der Waals surface area contributed by atoms with Crippen LogP contribution in [-0.4, -0.2) is 60.6 Å². The highest BCUT2D eigenvalue weighted by atomic mass is 19.1. The minimum absolute atomic E-state index is 0.217. The molecule has 6 aromatic rings. The summed E-state index contributed by atoms with van der Waals surface area (Å²) in [6, 6.07) is 26.4. The topological polar surface area (TPSA) is 126 Å². The number of aromatic nitrogens is 6. The van der Waals surface area contributed by atoms with Gasteiger partial charge in [0.15, 0.2) is 11.5 Å². The first kappa shape index (κ1) is 28.7. The Morgan fingerprint density at radius 3 is 2.38 bits per heavy atom. The third-order valence-electron chi connectivity index (χ3n) is 9.36. The van der Waals surface area contributed by atoms with Gasteiger partial charge in [-0.15, -0.1) is 0 Å². The predicted octanol–water partition coefficient (Wildman–Crippen LogP) is 5.63. The molecule has 2 N–H and O–H groups in total. The first-order chi connectivity index (χ1) is 23.0. The van der Waals surface area contributed by atoms with Gasteiger partial charge in [0.2, 0.25) is 5.82 Å². The lowest BCUT2D eigenvalue weighted by Gasteiger charge is -2.54. The minimum Gasteiger partial charge on any atom is -0.383 e. The minimum atomic E-state index is -0.289. The van der Waals surface area contributed by atoms with E-state index in [9.17, 15) is 4.39 Å². The maximum absolute atomic E-state index is 13.6. The van der Waals surface area contributed by atoms with E-state index in [2.05, 4.69) is 49.0 Å². The third-order valence-corrected chi connectivity index (χ3v) is 9.36. The Balaban J connectivity index is 1.02. The number of hydrogen-bond acceptors (Lipinski definition) is 9. The van der Waals surface area contributed by atoms with Crippen LogP contribution in [0.15, 0.2) is 91.3 Å². The second-order valence-electron chi connectivity index (χ2n) is 12.4. The van der Waals surface area contributed by atoms with Crippen molar-refractivity contribution in [3.8, 4) is 34.4 Å². The van der Waals surface area contributed by atoms with Gasteiger partial charge in [0, 0.05) is 48.7 Å². The summed E-state index contributed by atoms with van der Waals surface area (Å²) in [5.41, 5.74) is 12.4. The van der Waals surface area contributed by atoms with Crippen LogP contribution in [0, 0.1) is 22.6 Å². The number of nitriles is 1. The smallest absolute Gasteiger partial charge is 0.234 e. The van der Waals surface area contributed by atoms with Gasteiger partial charge in [-0.05, 0) is 98.2 Å². The second-order valence-corrected chi connectivity index (χ2v) is 12.4. The van der Waals surface area contributed by atoms with E-state index in [4.69, 9.17) is 21.0 Å². The normalized spacial score (nSPS) is 15.9. The number of imidazole rings is 1. The van der Waals surface area contributed by atoms with Crippen molar-refractivity contribution in [2.45, 2.75) is 19.4 Å². The Hall–Kier alpha value is -5.73. The summed E-state index contributed by atoms with van der Waals surface area (Å²) >= 11 is 0. The van der Waals surface area contributed by atoms with Crippen molar-refractivity contribution in [2.75, 3.05) is 36.8 Å². The molecule has 4 aromatic heterocycles.